The second kappa shape index (κ2) is 9.52. The van der Waals surface area contributed by atoms with Gasteiger partial charge in [0, 0.05) is 13.1 Å². The van der Waals surface area contributed by atoms with E-state index in [-0.39, 0.29) is 18.2 Å². The highest BCUT2D eigenvalue weighted by Gasteiger charge is 2.46. The first kappa shape index (κ1) is 25.3. The van der Waals surface area contributed by atoms with Gasteiger partial charge in [0.25, 0.3) is 0 Å². The van der Waals surface area contributed by atoms with Crippen LogP contribution in [0, 0.1) is 0 Å². The van der Waals surface area contributed by atoms with Gasteiger partial charge in [-0.05, 0) is 51.7 Å². The average Bonchev–Trinajstić information content (AvgIpc) is 3.15. The fraction of sp³-hybridized carbons (Fsp3) is 0.667. The first-order valence-electron chi connectivity index (χ1n) is 11.5. The summed E-state index contributed by atoms with van der Waals surface area (Å²) in [6, 6.07) is 4.37. The van der Waals surface area contributed by atoms with Gasteiger partial charge in [-0.25, -0.2) is 4.79 Å². The molecule has 6 nitrogen and oxygen atoms in total. The van der Waals surface area contributed by atoms with E-state index in [4.69, 9.17) is 4.74 Å². The highest BCUT2D eigenvalue weighted by atomic mass is 19.4. The number of likely N-dealkylation sites (tertiary alicyclic amines) is 1. The zero-order chi connectivity index (χ0) is 24.4. The fourth-order valence-electron chi connectivity index (χ4n) is 4.76. The average molecular weight is 471 g/mol. The lowest BCUT2D eigenvalue weighted by Crippen LogP contribution is -2.48. The number of alkyl carbamates (subject to hydrolysis) is 1. The van der Waals surface area contributed by atoms with Crippen LogP contribution in [0.15, 0.2) is 24.3 Å². The summed E-state index contributed by atoms with van der Waals surface area (Å²) < 4.78 is 45.3. The van der Waals surface area contributed by atoms with Crippen LogP contribution < -0.4 is 5.32 Å². The molecule has 0 bridgehead atoms. The smallest absolute Gasteiger partial charge is 0.416 e. The van der Waals surface area contributed by atoms with Gasteiger partial charge in [0.2, 0.25) is 5.91 Å². The molecule has 2 N–H and O–H groups in total. The van der Waals surface area contributed by atoms with E-state index in [2.05, 4.69) is 5.32 Å². The molecule has 2 amide bonds. The number of nitrogens with zero attached hydrogens (tertiary/aromatic N) is 1. The van der Waals surface area contributed by atoms with E-state index in [1.165, 1.54) is 17.0 Å². The third-order valence-corrected chi connectivity index (χ3v) is 6.27. The number of halogens is 3. The van der Waals surface area contributed by atoms with E-state index >= 15 is 0 Å². The Bertz CT molecular complexity index is 860. The van der Waals surface area contributed by atoms with Crippen molar-refractivity contribution in [2.45, 2.75) is 88.6 Å². The lowest BCUT2D eigenvalue weighted by Gasteiger charge is -2.40. The lowest BCUT2D eigenvalue weighted by molar-refractivity contribution is -0.142. The Hall–Kier alpha value is -2.29. The molecule has 184 valence electrons. The maximum atomic E-state index is 13.6. The zero-order valence-corrected chi connectivity index (χ0v) is 19.4. The number of alkyl halides is 3. The Balaban J connectivity index is 1.82. The van der Waals surface area contributed by atoms with Gasteiger partial charge in [-0.15, -0.1) is 0 Å². The number of carbonyl (C=O) groups is 2. The summed E-state index contributed by atoms with van der Waals surface area (Å²) in [5.74, 6) is -1.51. The van der Waals surface area contributed by atoms with Crippen LogP contribution in [0.4, 0.5) is 18.0 Å². The van der Waals surface area contributed by atoms with Crippen molar-refractivity contribution in [1.82, 2.24) is 10.2 Å². The van der Waals surface area contributed by atoms with Crippen LogP contribution in [-0.4, -0.2) is 52.3 Å². The van der Waals surface area contributed by atoms with Gasteiger partial charge in [0.1, 0.15) is 5.60 Å². The number of aliphatic hydroxyl groups is 1. The third-order valence-electron chi connectivity index (χ3n) is 6.27. The summed E-state index contributed by atoms with van der Waals surface area (Å²) in [4.78, 5) is 27.2. The number of rotatable bonds is 4. The predicted molar refractivity (Wildman–Crippen MR) is 117 cm³/mol. The normalized spacial score (nSPS) is 22.0. The standard InChI is InChI=1S/C24H33F3N2O4/c1-22(2,3)33-21(31)28-18-10-13-29(15-18)20(30)19(23(32)11-5-4-6-12-23)16-8-7-9-17(14-16)24(25,26)27/h7-9,14,18-19,32H,4-6,10-13,15H2,1-3H3,(H,28,31)/t18-,19?/m0/s1. The molecule has 0 spiro atoms. The van der Waals surface area contributed by atoms with E-state index in [1.807, 2.05) is 0 Å². The minimum atomic E-state index is -4.55. The highest BCUT2D eigenvalue weighted by Crippen LogP contribution is 2.42. The molecule has 33 heavy (non-hydrogen) atoms. The predicted octanol–water partition coefficient (Wildman–Crippen LogP) is 4.61. The number of hydrogen-bond donors (Lipinski definition) is 2. The quantitative estimate of drug-likeness (QED) is 0.674. The second-order valence-electron chi connectivity index (χ2n) is 10.1. The Morgan fingerprint density at radius 2 is 1.85 bits per heavy atom. The van der Waals surface area contributed by atoms with E-state index in [1.54, 1.807) is 20.8 Å². The number of carbonyl (C=O) groups excluding carboxylic acids is 2. The van der Waals surface area contributed by atoms with Gasteiger partial charge in [-0.2, -0.15) is 13.2 Å². The molecule has 2 aliphatic rings. The Morgan fingerprint density at radius 3 is 2.45 bits per heavy atom. The maximum Gasteiger partial charge on any atom is 0.416 e. The van der Waals surface area contributed by atoms with E-state index in [0.717, 1.165) is 18.6 Å². The van der Waals surface area contributed by atoms with Crippen LogP contribution in [0.2, 0.25) is 0 Å². The summed E-state index contributed by atoms with van der Waals surface area (Å²) in [7, 11) is 0. The molecule has 2 atom stereocenters. The molecule has 1 aliphatic heterocycles. The van der Waals surface area contributed by atoms with Gasteiger partial charge >= 0.3 is 12.3 Å². The van der Waals surface area contributed by atoms with Crippen LogP contribution in [0.3, 0.4) is 0 Å². The molecular weight excluding hydrogens is 437 g/mol. The lowest BCUT2D eigenvalue weighted by atomic mass is 9.72. The molecule has 0 radical (unpaired) electrons. The number of ether oxygens (including phenoxy) is 1. The summed E-state index contributed by atoms with van der Waals surface area (Å²) in [5.41, 5.74) is -2.74. The van der Waals surface area contributed by atoms with Gasteiger partial charge in [0.15, 0.2) is 0 Å². The molecule has 1 heterocycles. The van der Waals surface area contributed by atoms with Crippen molar-refractivity contribution in [3.8, 4) is 0 Å². The van der Waals surface area contributed by atoms with E-state index in [0.29, 0.717) is 38.6 Å². The van der Waals surface area contributed by atoms with Crippen LogP contribution in [0.25, 0.3) is 0 Å². The van der Waals surface area contributed by atoms with Crippen molar-refractivity contribution in [2.24, 2.45) is 0 Å². The monoisotopic (exact) mass is 470 g/mol. The number of benzene rings is 1. The fourth-order valence-corrected chi connectivity index (χ4v) is 4.76. The Kier molecular flexibility index (Phi) is 7.31. The molecule has 1 aliphatic carbocycles. The van der Waals surface area contributed by atoms with Gasteiger partial charge < -0.3 is 20.1 Å². The summed E-state index contributed by atoms with van der Waals surface area (Å²) in [6.07, 6.45) is -1.59. The van der Waals surface area contributed by atoms with Gasteiger partial charge in [-0.3, -0.25) is 4.79 Å². The molecule has 9 heteroatoms. The van der Waals surface area contributed by atoms with Crippen molar-refractivity contribution in [2.75, 3.05) is 13.1 Å². The maximum absolute atomic E-state index is 13.6. The van der Waals surface area contributed by atoms with Crippen molar-refractivity contribution < 1.29 is 32.6 Å². The summed E-state index contributed by atoms with van der Waals surface area (Å²) in [5, 5.41) is 14.2. The third kappa shape index (κ3) is 6.40. The van der Waals surface area contributed by atoms with Crippen LogP contribution >= 0.6 is 0 Å². The van der Waals surface area contributed by atoms with E-state index < -0.39 is 40.9 Å². The molecule has 1 aromatic rings. The van der Waals surface area contributed by atoms with Crippen molar-refractivity contribution in [3.63, 3.8) is 0 Å². The van der Waals surface area contributed by atoms with Crippen molar-refractivity contribution in [1.29, 1.82) is 0 Å². The van der Waals surface area contributed by atoms with Gasteiger partial charge in [0.05, 0.1) is 23.1 Å². The minimum Gasteiger partial charge on any atom is -0.444 e. The van der Waals surface area contributed by atoms with Crippen LogP contribution in [-0.2, 0) is 15.7 Å². The zero-order valence-electron chi connectivity index (χ0n) is 19.4. The molecular formula is C24H33F3N2O4. The summed E-state index contributed by atoms with van der Waals surface area (Å²) >= 11 is 0. The highest BCUT2D eigenvalue weighted by molar-refractivity contribution is 5.85. The van der Waals surface area contributed by atoms with Gasteiger partial charge in [-0.1, -0.05) is 37.5 Å². The first-order valence-corrected chi connectivity index (χ1v) is 11.5. The largest absolute Gasteiger partial charge is 0.444 e. The number of amides is 2. The van der Waals surface area contributed by atoms with Crippen molar-refractivity contribution >= 4 is 12.0 Å². The molecule has 1 saturated carbocycles. The van der Waals surface area contributed by atoms with E-state index in [9.17, 15) is 27.9 Å². The SMILES string of the molecule is CC(C)(C)OC(=O)N[C@H]1CCN(C(=O)C(c2cccc(C(F)(F)F)c2)C2(O)CCCCC2)C1. The Morgan fingerprint density at radius 1 is 1.18 bits per heavy atom. The Labute approximate surface area is 192 Å². The van der Waals surface area contributed by atoms with Crippen molar-refractivity contribution in [3.05, 3.63) is 35.4 Å². The molecule has 1 aromatic carbocycles. The van der Waals surface area contributed by atoms with Crippen LogP contribution in [0.5, 0.6) is 0 Å². The minimum absolute atomic E-state index is 0.169. The molecule has 2 fully saturated rings. The second-order valence-corrected chi connectivity index (χ2v) is 10.1. The molecule has 1 unspecified atom stereocenters. The summed E-state index contributed by atoms with van der Waals surface area (Å²) in [6.45, 7) is 5.80. The number of hydrogen-bond acceptors (Lipinski definition) is 4. The first-order chi connectivity index (χ1) is 15.3. The molecule has 1 saturated heterocycles. The number of nitrogens with one attached hydrogen (secondary N) is 1. The van der Waals surface area contributed by atoms with Crippen LogP contribution in [0.1, 0.15) is 76.3 Å². The molecule has 3 rings (SSSR count). The topological polar surface area (TPSA) is 78.9 Å². The molecule has 0 aromatic heterocycles.